The van der Waals surface area contributed by atoms with Gasteiger partial charge in [-0.1, -0.05) is 42.5 Å². The lowest BCUT2D eigenvalue weighted by Gasteiger charge is -2.06. The number of nitrogens with one attached hydrogen (secondary N) is 1. The van der Waals surface area contributed by atoms with Gasteiger partial charge in [-0.3, -0.25) is 0 Å². The Morgan fingerprint density at radius 3 is 2.94 bits per heavy atom. The van der Waals surface area contributed by atoms with E-state index < -0.39 is 6.09 Å². The first kappa shape index (κ1) is 12.6. The summed E-state index contributed by atoms with van der Waals surface area (Å²) in [6.07, 6.45) is 1.77. The second-order valence-electron chi connectivity index (χ2n) is 3.16. The van der Waals surface area contributed by atoms with E-state index in [1.54, 1.807) is 0 Å². The van der Waals surface area contributed by atoms with E-state index in [9.17, 15) is 4.79 Å². The van der Waals surface area contributed by atoms with Crippen LogP contribution in [0.15, 0.2) is 36.9 Å². The maximum atomic E-state index is 11.1. The predicted molar refractivity (Wildman–Crippen MR) is 64.7 cm³/mol. The average molecular weight is 240 g/mol. The van der Waals surface area contributed by atoms with Crippen molar-refractivity contribution in [3.8, 4) is 0 Å². The molecule has 1 amide bonds. The Labute approximate surface area is 100 Å². The van der Waals surface area contributed by atoms with Crippen LogP contribution in [0.3, 0.4) is 0 Å². The molecule has 0 atom stereocenters. The van der Waals surface area contributed by atoms with Crippen LogP contribution in [0.25, 0.3) is 0 Å². The maximum Gasteiger partial charge on any atom is 0.407 e. The molecule has 0 heterocycles. The zero-order valence-corrected chi connectivity index (χ0v) is 9.67. The molecule has 0 spiro atoms. The summed E-state index contributed by atoms with van der Waals surface area (Å²) in [5.41, 5.74) is 1.01. The van der Waals surface area contributed by atoms with Crippen LogP contribution >= 0.6 is 11.6 Å². The van der Waals surface area contributed by atoms with E-state index in [1.807, 2.05) is 24.3 Å². The molecule has 0 bridgehead atoms. The summed E-state index contributed by atoms with van der Waals surface area (Å²) in [6.45, 7) is 4.17. The van der Waals surface area contributed by atoms with Crippen molar-refractivity contribution < 1.29 is 9.53 Å². The van der Waals surface area contributed by atoms with Crippen LogP contribution in [0.2, 0.25) is 5.02 Å². The molecule has 0 aromatic heterocycles. The summed E-state index contributed by atoms with van der Waals surface area (Å²) in [7, 11) is 0. The van der Waals surface area contributed by atoms with Gasteiger partial charge in [-0.25, -0.2) is 4.79 Å². The third-order valence-electron chi connectivity index (χ3n) is 1.95. The third-order valence-corrected chi connectivity index (χ3v) is 2.32. The van der Waals surface area contributed by atoms with Gasteiger partial charge in [0.25, 0.3) is 0 Å². The second-order valence-corrected chi connectivity index (χ2v) is 3.56. The fourth-order valence-electron chi connectivity index (χ4n) is 1.19. The van der Waals surface area contributed by atoms with Crippen molar-refractivity contribution in [1.82, 2.24) is 5.32 Å². The molecule has 0 aliphatic rings. The topological polar surface area (TPSA) is 38.3 Å². The maximum absolute atomic E-state index is 11.1. The predicted octanol–water partition coefficient (Wildman–Crippen LogP) is 2.79. The van der Waals surface area contributed by atoms with E-state index in [1.165, 1.54) is 6.08 Å². The molecule has 1 rings (SSSR count). The highest BCUT2D eigenvalue weighted by molar-refractivity contribution is 6.31. The van der Waals surface area contributed by atoms with Gasteiger partial charge in [0.15, 0.2) is 0 Å². The highest BCUT2D eigenvalue weighted by Gasteiger charge is 2.01. The van der Waals surface area contributed by atoms with Crippen molar-refractivity contribution in [2.24, 2.45) is 0 Å². The van der Waals surface area contributed by atoms with Gasteiger partial charge in [0, 0.05) is 11.6 Å². The number of rotatable bonds is 5. The third kappa shape index (κ3) is 4.36. The van der Waals surface area contributed by atoms with Crippen molar-refractivity contribution in [3.63, 3.8) is 0 Å². The SMILES string of the molecule is C=CCOC(=O)NCCc1ccccc1Cl. The minimum absolute atomic E-state index is 0.220. The first-order valence-electron chi connectivity index (χ1n) is 4.99. The first-order valence-corrected chi connectivity index (χ1v) is 5.36. The van der Waals surface area contributed by atoms with E-state index in [2.05, 4.69) is 11.9 Å². The normalized spacial score (nSPS) is 9.56. The van der Waals surface area contributed by atoms with Crippen LogP contribution in [0.5, 0.6) is 0 Å². The molecule has 86 valence electrons. The molecule has 0 saturated carbocycles. The molecule has 1 aromatic rings. The van der Waals surface area contributed by atoms with Crippen LogP contribution in [-0.4, -0.2) is 19.2 Å². The van der Waals surface area contributed by atoms with Crippen LogP contribution in [0, 0.1) is 0 Å². The van der Waals surface area contributed by atoms with E-state index in [0.717, 1.165) is 5.56 Å². The summed E-state index contributed by atoms with van der Waals surface area (Å²) < 4.78 is 4.76. The fraction of sp³-hybridized carbons (Fsp3) is 0.250. The van der Waals surface area contributed by atoms with Crippen LogP contribution in [-0.2, 0) is 11.2 Å². The van der Waals surface area contributed by atoms with Crippen LogP contribution in [0.4, 0.5) is 4.79 Å². The molecule has 0 fully saturated rings. The number of amides is 1. The van der Waals surface area contributed by atoms with Gasteiger partial charge in [0.05, 0.1) is 0 Å². The quantitative estimate of drug-likeness (QED) is 0.803. The standard InChI is InChI=1S/C12H14ClNO2/c1-2-9-16-12(15)14-8-7-10-5-3-4-6-11(10)13/h2-6H,1,7-9H2,(H,14,15). The molecule has 4 heteroatoms. The molecular formula is C12H14ClNO2. The highest BCUT2D eigenvalue weighted by Crippen LogP contribution is 2.14. The summed E-state index contributed by atoms with van der Waals surface area (Å²) >= 11 is 5.97. The van der Waals surface area contributed by atoms with E-state index in [-0.39, 0.29) is 6.61 Å². The van der Waals surface area contributed by atoms with Gasteiger partial charge < -0.3 is 10.1 Å². The number of alkyl carbamates (subject to hydrolysis) is 1. The summed E-state index contributed by atoms with van der Waals surface area (Å²) in [6, 6.07) is 7.54. The minimum Gasteiger partial charge on any atom is -0.445 e. The number of carbonyl (C=O) groups excluding carboxylic acids is 1. The molecule has 1 aromatic carbocycles. The van der Waals surface area contributed by atoms with Crippen molar-refractivity contribution in [2.45, 2.75) is 6.42 Å². The Hall–Kier alpha value is -1.48. The number of benzene rings is 1. The molecule has 16 heavy (non-hydrogen) atoms. The zero-order chi connectivity index (χ0) is 11.8. The van der Waals surface area contributed by atoms with Crippen molar-refractivity contribution in [3.05, 3.63) is 47.5 Å². The molecule has 3 nitrogen and oxygen atoms in total. The Balaban J connectivity index is 2.28. The van der Waals surface area contributed by atoms with Crippen LogP contribution in [0.1, 0.15) is 5.56 Å². The molecule has 1 N–H and O–H groups in total. The lowest BCUT2D eigenvalue weighted by Crippen LogP contribution is -2.26. The van der Waals surface area contributed by atoms with E-state index in [0.29, 0.717) is 18.0 Å². The number of ether oxygens (including phenoxy) is 1. The number of halogens is 1. The number of carbonyl (C=O) groups is 1. The van der Waals surface area contributed by atoms with Crippen molar-refractivity contribution in [2.75, 3.05) is 13.2 Å². The molecule has 0 radical (unpaired) electrons. The Kier molecular flexibility index (Phi) is 5.43. The van der Waals surface area contributed by atoms with Gasteiger partial charge in [0.1, 0.15) is 6.61 Å². The Morgan fingerprint density at radius 1 is 1.50 bits per heavy atom. The van der Waals surface area contributed by atoms with E-state index >= 15 is 0 Å². The summed E-state index contributed by atoms with van der Waals surface area (Å²) in [5, 5.41) is 3.34. The molecule has 0 unspecified atom stereocenters. The first-order chi connectivity index (χ1) is 7.74. The van der Waals surface area contributed by atoms with Gasteiger partial charge in [0.2, 0.25) is 0 Å². The van der Waals surface area contributed by atoms with Crippen molar-refractivity contribution in [1.29, 1.82) is 0 Å². The Morgan fingerprint density at radius 2 is 2.25 bits per heavy atom. The molecule has 0 aliphatic heterocycles. The lowest BCUT2D eigenvalue weighted by atomic mass is 10.1. The average Bonchev–Trinajstić information content (AvgIpc) is 2.29. The monoisotopic (exact) mass is 239 g/mol. The molecule has 0 saturated heterocycles. The van der Waals surface area contributed by atoms with Gasteiger partial charge in [-0.2, -0.15) is 0 Å². The van der Waals surface area contributed by atoms with E-state index in [4.69, 9.17) is 16.3 Å². The zero-order valence-electron chi connectivity index (χ0n) is 8.91. The summed E-state index contributed by atoms with van der Waals surface area (Å²) in [4.78, 5) is 11.1. The lowest BCUT2D eigenvalue weighted by molar-refractivity contribution is 0.158. The molecule has 0 aliphatic carbocycles. The van der Waals surface area contributed by atoms with Gasteiger partial charge in [-0.15, -0.1) is 0 Å². The minimum atomic E-state index is -0.438. The van der Waals surface area contributed by atoms with Crippen LogP contribution < -0.4 is 5.32 Å². The highest BCUT2D eigenvalue weighted by atomic mass is 35.5. The number of hydrogen-bond donors (Lipinski definition) is 1. The fourth-order valence-corrected chi connectivity index (χ4v) is 1.42. The largest absolute Gasteiger partial charge is 0.445 e. The Bertz CT molecular complexity index is 366. The second kappa shape index (κ2) is 6.90. The van der Waals surface area contributed by atoms with Gasteiger partial charge in [-0.05, 0) is 18.1 Å². The van der Waals surface area contributed by atoms with Crippen molar-refractivity contribution >= 4 is 17.7 Å². The number of hydrogen-bond acceptors (Lipinski definition) is 2. The summed E-state index contributed by atoms with van der Waals surface area (Å²) in [5.74, 6) is 0. The molecular weight excluding hydrogens is 226 g/mol. The smallest absolute Gasteiger partial charge is 0.407 e. The van der Waals surface area contributed by atoms with Gasteiger partial charge >= 0.3 is 6.09 Å².